The van der Waals surface area contributed by atoms with Crippen molar-refractivity contribution >= 4 is 23.7 Å². The number of carbonyl (C=O) groups excluding carboxylic acids is 1. The highest BCUT2D eigenvalue weighted by Crippen LogP contribution is 2.22. The fourth-order valence-corrected chi connectivity index (χ4v) is 1.06. The van der Waals surface area contributed by atoms with Crippen molar-refractivity contribution in [2.45, 2.75) is 6.92 Å². The van der Waals surface area contributed by atoms with Crippen molar-refractivity contribution in [1.29, 1.82) is 0 Å². The topological polar surface area (TPSA) is 29.1 Å². The quantitative estimate of drug-likeness (QED) is 0.708. The lowest BCUT2D eigenvalue weighted by atomic mass is 10.2. The van der Waals surface area contributed by atoms with Gasteiger partial charge >= 0.3 is 0 Å². The Hall–Kier alpha value is -1.09. The van der Waals surface area contributed by atoms with Crippen LogP contribution in [0.1, 0.15) is 5.56 Å². The molecule has 0 aliphatic carbocycles. The van der Waals surface area contributed by atoms with Crippen molar-refractivity contribution in [3.8, 4) is 0 Å². The Morgan fingerprint density at radius 1 is 1.58 bits per heavy atom. The molecule has 1 aromatic carbocycles. The lowest BCUT2D eigenvalue weighted by Gasteiger charge is -2.04. The predicted molar refractivity (Wildman–Crippen MR) is 45.8 cm³/mol. The molecule has 12 heavy (non-hydrogen) atoms. The molecule has 0 saturated carbocycles. The first-order chi connectivity index (χ1) is 5.65. The highest BCUT2D eigenvalue weighted by molar-refractivity contribution is 6.30. The van der Waals surface area contributed by atoms with E-state index in [0.717, 1.165) is 0 Å². The molecule has 1 N–H and O–H groups in total. The third kappa shape index (κ3) is 1.74. The lowest BCUT2D eigenvalue weighted by Crippen LogP contribution is -1.98. The van der Waals surface area contributed by atoms with Crippen LogP contribution in [0.2, 0.25) is 5.02 Å². The van der Waals surface area contributed by atoms with Crippen molar-refractivity contribution < 1.29 is 9.18 Å². The predicted octanol–water partition coefficient (Wildman–Crippen LogP) is 2.36. The van der Waals surface area contributed by atoms with Crippen LogP contribution in [0.15, 0.2) is 12.1 Å². The average molecular weight is 188 g/mol. The van der Waals surface area contributed by atoms with Gasteiger partial charge in [0.15, 0.2) is 0 Å². The Labute approximate surface area is 74.3 Å². The monoisotopic (exact) mass is 187 g/mol. The molecular weight excluding hydrogens is 181 g/mol. The molecule has 0 spiro atoms. The first kappa shape index (κ1) is 9.00. The average Bonchev–Trinajstić information content (AvgIpc) is 2.00. The number of nitrogens with one attached hydrogen (secondary N) is 1. The van der Waals surface area contributed by atoms with Gasteiger partial charge in [0.05, 0.1) is 0 Å². The molecule has 0 aromatic heterocycles. The first-order valence-electron chi connectivity index (χ1n) is 3.31. The van der Waals surface area contributed by atoms with E-state index in [1.54, 1.807) is 6.92 Å². The van der Waals surface area contributed by atoms with Gasteiger partial charge in [-0.15, -0.1) is 0 Å². The molecule has 1 aromatic rings. The molecule has 0 aliphatic rings. The van der Waals surface area contributed by atoms with Crippen molar-refractivity contribution in [3.63, 3.8) is 0 Å². The first-order valence-corrected chi connectivity index (χ1v) is 3.69. The number of amides is 1. The van der Waals surface area contributed by atoms with Crippen LogP contribution < -0.4 is 5.32 Å². The number of anilines is 1. The number of hydrogen-bond donors (Lipinski definition) is 1. The van der Waals surface area contributed by atoms with E-state index in [9.17, 15) is 9.18 Å². The minimum atomic E-state index is -0.424. The Balaban J connectivity index is 3.17. The van der Waals surface area contributed by atoms with Crippen LogP contribution in [0, 0.1) is 12.7 Å². The van der Waals surface area contributed by atoms with Crippen LogP contribution in [0.25, 0.3) is 0 Å². The van der Waals surface area contributed by atoms with E-state index in [1.165, 1.54) is 12.1 Å². The van der Waals surface area contributed by atoms with Crippen LogP contribution in [0.5, 0.6) is 0 Å². The van der Waals surface area contributed by atoms with Gasteiger partial charge in [-0.25, -0.2) is 4.39 Å². The molecule has 0 unspecified atom stereocenters. The van der Waals surface area contributed by atoms with E-state index in [-0.39, 0.29) is 5.02 Å². The van der Waals surface area contributed by atoms with Gasteiger partial charge in [0.2, 0.25) is 6.41 Å². The zero-order valence-electron chi connectivity index (χ0n) is 6.40. The van der Waals surface area contributed by atoms with Gasteiger partial charge in [-0.05, 0) is 19.1 Å². The van der Waals surface area contributed by atoms with E-state index in [4.69, 9.17) is 11.6 Å². The van der Waals surface area contributed by atoms with E-state index in [1.807, 2.05) is 0 Å². The zero-order chi connectivity index (χ0) is 9.14. The molecule has 1 rings (SSSR count). The number of halogens is 2. The summed E-state index contributed by atoms with van der Waals surface area (Å²) in [6.07, 6.45) is 0.484. The van der Waals surface area contributed by atoms with Gasteiger partial charge < -0.3 is 5.32 Å². The molecule has 4 heteroatoms. The van der Waals surface area contributed by atoms with Gasteiger partial charge in [0.25, 0.3) is 0 Å². The summed E-state index contributed by atoms with van der Waals surface area (Å²) in [6, 6.07) is 2.70. The van der Waals surface area contributed by atoms with E-state index < -0.39 is 5.82 Å². The molecule has 0 aliphatic heterocycles. The normalized spacial score (nSPS) is 9.58. The minimum absolute atomic E-state index is 0.266. The van der Waals surface area contributed by atoms with E-state index in [2.05, 4.69) is 5.32 Å². The summed E-state index contributed by atoms with van der Waals surface area (Å²) in [5.41, 5.74) is 0.779. The Bertz CT molecular complexity index is 314. The summed E-state index contributed by atoms with van der Waals surface area (Å²) in [6.45, 7) is 1.57. The third-order valence-corrected chi connectivity index (χ3v) is 1.74. The number of hydrogen-bond acceptors (Lipinski definition) is 1. The molecule has 0 radical (unpaired) electrons. The van der Waals surface area contributed by atoms with Crippen LogP contribution in [0.4, 0.5) is 10.1 Å². The standard InChI is InChI=1S/C8H7ClFNO/c1-5-7(10)2-6(9)3-8(5)11-4-12/h2-4H,1H3,(H,11,12). The summed E-state index contributed by atoms with van der Waals surface area (Å²) >= 11 is 5.56. The molecule has 0 heterocycles. The van der Waals surface area contributed by atoms with Gasteiger partial charge in [-0.3, -0.25) is 4.79 Å². The zero-order valence-corrected chi connectivity index (χ0v) is 7.15. The van der Waals surface area contributed by atoms with E-state index >= 15 is 0 Å². The minimum Gasteiger partial charge on any atom is -0.328 e. The molecule has 2 nitrogen and oxygen atoms in total. The second-order valence-electron chi connectivity index (χ2n) is 2.32. The summed E-state index contributed by atoms with van der Waals surface area (Å²) in [7, 11) is 0. The molecular formula is C8H7ClFNO. The molecule has 0 atom stereocenters. The summed E-state index contributed by atoms with van der Waals surface area (Å²) in [4.78, 5) is 10.1. The Morgan fingerprint density at radius 2 is 2.25 bits per heavy atom. The van der Waals surface area contributed by atoms with Crippen LogP contribution in [-0.2, 0) is 4.79 Å². The van der Waals surface area contributed by atoms with Crippen LogP contribution in [-0.4, -0.2) is 6.41 Å². The maximum absolute atomic E-state index is 12.9. The fourth-order valence-electron chi connectivity index (χ4n) is 0.859. The maximum atomic E-state index is 12.9. The van der Waals surface area contributed by atoms with Gasteiger partial charge in [-0.2, -0.15) is 0 Å². The van der Waals surface area contributed by atoms with Crippen LogP contribution >= 0.6 is 11.6 Å². The van der Waals surface area contributed by atoms with Crippen molar-refractivity contribution in [2.24, 2.45) is 0 Å². The SMILES string of the molecule is Cc1c(F)cc(Cl)cc1NC=O. The Morgan fingerprint density at radius 3 is 2.83 bits per heavy atom. The van der Waals surface area contributed by atoms with Crippen molar-refractivity contribution in [1.82, 2.24) is 0 Å². The number of rotatable bonds is 2. The second kappa shape index (κ2) is 3.54. The maximum Gasteiger partial charge on any atom is 0.211 e. The van der Waals surface area contributed by atoms with Crippen LogP contribution in [0.3, 0.4) is 0 Å². The Kier molecular flexibility index (Phi) is 2.65. The van der Waals surface area contributed by atoms with Gasteiger partial charge in [0, 0.05) is 16.3 Å². The van der Waals surface area contributed by atoms with Gasteiger partial charge in [0.1, 0.15) is 5.82 Å². The summed E-state index contributed by atoms with van der Waals surface area (Å²) in [5, 5.41) is 2.62. The van der Waals surface area contributed by atoms with Crippen molar-refractivity contribution in [3.05, 3.63) is 28.5 Å². The highest BCUT2D eigenvalue weighted by atomic mass is 35.5. The second-order valence-corrected chi connectivity index (χ2v) is 2.76. The van der Waals surface area contributed by atoms with Crippen molar-refractivity contribution in [2.75, 3.05) is 5.32 Å². The van der Waals surface area contributed by atoms with Gasteiger partial charge in [-0.1, -0.05) is 11.6 Å². The molecule has 0 fully saturated rings. The molecule has 1 amide bonds. The summed E-state index contributed by atoms with van der Waals surface area (Å²) in [5.74, 6) is -0.424. The third-order valence-electron chi connectivity index (χ3n) is 1.52. The fraction of sp³-hybridized carbons (Fsp3) is 0.125. The number of carbonyl (C=O) groups is 1. The lowest BCUT2D eigenvalue weighted by molar-refractivity contribution is -0.105. The van der Waals surface area contributed by atoms with E-state index in [0.29, 0.717) is 17.7 Å². The molecule has 64 valence electrons. The highest BCUT2D eigenvalue weighted by Gasteiger charge is 2.04. The molecule has 0 bridgehead atoms. The summed E-state index contributed by atoms with van der Waals surface area (Å²) < 4.78 is 12.9. The molecule has 0 saturated heterocycles. The largest absolute Gasteiger partial charge is 0.328 e. The smallest absolute Gasteiger partial charge is 0.211 e. The number of benzene rings is 1.